The molecule has 8 aromatic rings. The van der Waals surface area contributed by atoms with Crippen LogP contribution in [-0.2, 0) is 9.59 Å². The van der Waals surface area contributed by atoms with Crippen molar-refractivity contribution in [1.29, 1.82) is 0 Å². The first kappa shape index (κ1) is 38.6. The second kappa shape index (κ2) is 18.8. The van der Waals surface area contributed by atoms with Crippen molar-refractivity contribution in [3.8, 4) is 22.6 Å². The fourth-order valence-corrected chi connectivity index (χ4v) is 6.78. The molecule has 0 atom stereocenters. The molecule has 0 aliphatic carbocycles. The number of hydrogen-bond acceptors (Lipinski definition) is 6. The molecule has 0 saturated heterocycles. The Morgan fingerprint density at radius 1 is 0.333 bits per heavy atom. The number of anilines is 6. The molecular weight excluding hydrogens is 741 g/mol. The minimum Gasteiger partial charge on any atom is -0.423 e. The molecule has 0 radical (unpaired) electrons. The van der Waals surface area contributed by atoms with Crippen molar-refractivity contribution in [2.45, 2.75) is 0 Å². The quantitative estimate of drug-likeness (QED) is 0.0660. The Morgan fingerprint density at radius 2 is 0.650 bits per heavy atom. The van der Waals surface area contributed by atoms with Crippen LogP contribution in [0, 0.1) is 0 Å². The number of carbonyl (C=O) groups is 2. The number of hydrogen-bond donors (Lipinski definition) is 0. The summed E-state index contributed by atoms with van der Waals surface area (Å²) < 4.78 is 11.4. The largest absolute Gasteiger partial charge is 0.423 e. The third-order valence-corrected chi connectivity index (χ3v) is 9.62. The average Bonchev–Trinajstić information content (AvgIpc) is 3.30. The molecule has 0 N–H and O–H groups in total. The molecule has 8 aromatic carbocycles. The van der Waals surface area contributed by atoms with Gasteiger partial charge in [0.1, 0.15) is 11.5 Å². The summed E-state index contributed by atoms with van der Waals surface area (Å²) in [5, 5.41) is 0. The lowest BCUT2D eigenvalue weighted by molar-refractivity contribution is -0.129. The van der Waals surface area contributed by atoms with Crippen molar-refractivity contribution in [3.63, 3.8) is 0 Å². The maximum Gasteiger partial charge on any atom is 0.336 e. The van der Waals surface area contributed by atoms with Gasteiger partial charge in [0.05, 0.1) is 0 Å². The lowest BCUT2D eigenvalue weighted by Crippen LogP contribution is -2.11. The van der Waals surface area contributed by atoms with Gasteiger partial charge < -0.3 is 19.3 Å². The molecule has 0 saturated carbocycles. The van der Waals surface area contributed by atoms with Crippen LogP contribution in [0.1, 0.15) is 11.1 Å². The summed E-state index contributed by atoms with van der Waals surface area (Å²) in [5.74, 6) is -0.0139. The first-order valence-corrected chi connectivity index (χ1v) is 19.6. The topological polar surface area (TPSA) is 59.1 Å². The number of benzene rings is 8. The average molecular weight is 781 g/mol. The number of carbonyl (C=O) groups excluding carboxylic acids is 2. The Bertz CT molecular complexity index is 2520. The van der Waals surface area contributed by atoms with E-state index in [0.29, 0.717) is 11.5 Å². The molecule has 0 heterocycles. The number of rotatable bonds is 13. The zero-order valence-corrected chi connectivity index (χ0v) is 32.6. The van der Waals surface area contributed by atoms with E-state index < -0.39 is 11.9 Å². The second-order valence-electron chi connectivity index (χ2n) is 13.8. The van der Waals surface area contributed by atoms with Crippen LogP contribution in [0.25, 0.3) is 23.3 Å². The van der Waals surface area contributed by atoms with E-state index in [1.165, 1.54) is 12.2 Å². The first-order valence-electron chi connectivity index (χ1n) is 19.6. The number of para-hydroxylation sites is 2. The molecule has 0 aliphatic rings. The van der Waals surface area contributed by atoms with Crippen LogP contribution < -0.4 is 19.3 Å². The van der Waals surface area contributed by atoms with E-state index >= 15 is 0 Å². The standard InChI is InChI=1S/C54H40N2O4/c57-53(37-27-41-15-5-1-6-16-41)59-51-25-13-23-49(39-51)55(45-19-9-3-10-20-45)47-33-29-43(30-34-47)44-31-35-48(36-32-44)56(46-21-11-4-12-22-46)50-24-14-26-52(40-50)60-54(58)38-28-42-17-7-2-8-18-42/h1-40H. The van der Waals surface area contributed by atoms with E-state index in [4.69, 9.17) is 9.47 Å². The van der Waals surface area contributed by atoms with Gasteiger partial charge in [-0.15, -0.1) is 0 Å². The minimum absolute atomic E-state index is 0.445. The minimum atomic E-state index is -0.452. The van der Waals surface area contributed by atoms with Gasteiger partial charge in [0.15, 0.2) is 0 Å². The van der Waals surface area contributed by atoms with Gasteiger partial charge in [-0.1, -0.05) is 133 Å². The van der Waals surface area contributed by atoms with Gasteiger partial charge in [-0.25, -0.2) is 9.59 Å². The van der Waals surface area contributed by atoms with Gasteiger partial charge in [-0.3, -0.25) is 0 Å². The van der Waals surface area contributed by atoms with E-state index in [0.717, 1.165) is 56.4 Å². The summed E-state index contributed by atoms with van der Waals surface area (Å²) in [6.45, 7) is 0. The number of esters is 2. The third-order valence-electron chi connectivity index (χ3n) is 9.62. The Labute approximate surface area is 350 Å². The van der Waals surface area contributed by atoms with Crippen LogP contribution in [0.15, 0.2) is 231 Å². The molecule has 0 aromatic heterocycles. The summed E-state index contributed by atoms with van der Waals surface area (Å²) in [6, 6.07) is 71.3. The van der Waals surface area contributed by atoms with Gasteiger partial charge in [0.2, 0.25) is 0 Å². The van der Waals surface area contributed by atoms with E-state index in [-0.39, 0.29) is 0 Å². The number of nitrogens with zero attached hydrogens (tertiary/aromatic N) is 2. The monoisotopic (exact) mass is 780 g/mol. The predicted molar refractivity (Wildman–Crippen MR) is 243 cm³/mol. The summed E-state index contributed by atoms with van der Waals surface area (Å²) in [5.41, 5.74) is 9.45. The van der Waals surface area contributed by atoms with Crippen LogP contribution in [0.4, 0.5) is 34.1 Å². The number of ether oxygens (including phenoxy) is 2. The summed E-state index contributed by atoms with van der Waals surface area (Å²) in [6.07, 6.45) is 6.35. The molecular formula is C54H40N2O4. The molecule has 290 valence electrons. The van der Waals surface area contributed by atoms with Crippen molar-refractivity contribution >= 4 is 58.2 Å². The summed E-state index contributed by atoms with van der Waals surface area (Å²) in [4.78, 5) is 29.8. The molecule has 8 rings (SSSR count). The summed E-state index contributed by atoms with van der Waals surface area (Å²) >= 11 is 0. The van der Waals surface area contributed by atoms with Gasteiger partial charge in [0.25, 0.3) is 0 Å². The third kappa shape index (κ3) is 9.83. The highest BCUT2D eigenvalue weighted by molar-refractivity contribution is 5.90. The van der Waals surface area contributed by atoms with Crippen molar-refractivity contribution < 1.29 is 19.1 Å². The highest BCUT2D eigenvalue weighted by Gasteiger charge is 2.16. The molecule has 0 unspecified atom stereocenters. The fraction of sp³-hybridized carbons (Fsp3) is 0. The molecule has 0 amide bonds. The normalized spacial score (nSPS) is 11.0. The molecule has 60 heavy (non-hydrogen) atoms. The van der Waals surface area contributed by atoms with Crippen LogP contribution >= 0.6 is 0 Å². The van der Waals surface area contributed by atoms with Crippen molar-refractivity contribution in [2.24, 2.45) is 0 Å². The van der Waals surface area contributed by atoms with E-state index in [9.17, 15) is 9.59 Å². The van der Waals surface area contributed by atoms with Crippen molar-refractivity contribution in [3.05, 3.63) is 242 Å². The van der Waals surface area contributed by atoms with Crippen LogP contribution in [0.2, 0.25) is 0 Å². The molecule has 6 heteroatoms. The maximum absolute atomic E-state index is 12.7. The van der Waals surface area contributed by atoms with Crippen molar-refractivity contribution in [1.82, 2.24) is 0 Å². The van der Waals surface area contributed by atoms with E-state index in [1.54, 1.807) is 24.3 Å². The first-order chi connectivity index (χ1) is 29.6. The zero-order valence-electron chi connectivity index (χ0n) is 32.6. The van der Waals surface area contributed by atoms with E-state index in [1.807, 2.05) is 133 Å². The predicted octanol–water partition coefficient (Wildman–Crippen LogP) is 13.5. The fourth-order valence-electron chi connectivity index (χ4n) is 6.78. The lowest BCUT2D eigenvalue weighted by atomic mass is 10.0. The van der Waals surface area contributed by atoms with E-state index in [2.05, 4.69) is 82.6 Å². The van der Waals surface area contributed by atoms with Crippen molar-refractivity contribution in [2.75, 3.05) is 9.80 Å². The Balaban J connectivity index is 1.02. The molecule has 0 spiro atoms. The maximum atomic E-state index is 12.7. The molecule has 6 nitrogen and oxygen atoms in total. The van der Waals surface area contributed by atoms with Crippen LogP contribution in [-0.4, -0.2) is 11.9 Å². The Morgan fingerprint density at radius 3 is 1.02 bits per heavy atom. The Kier molecular flexibility index (Phi) is 12.1. The van der Waals surface area contributed by atoms with Gasteiger partial charge in [0, 0.05) is 58.4 Å². The zero-order chi connectivity index (χ0) is 40.9. The highest BCUT2D eigenvalue weighted by atomic mass is 16.5. The molecule has 0 bridgehead atoms. The van der Waals surface area contributed by atoms with Gasteiger partial charge in [-0.05, 0) is 107 Å². The smallest absolute Gasteiger partial charge is 0.336 e. The van der Waals surface area contributed by atoms with Gasteiger partial charge >= 0.3 is 11.9 Å². The highest BCUT2D eigenvalue weighted by Crippen LogP contribution is 2.39. The van der Waals surface area contributed by atoms with Crippen LogP contribution in [0.3, 0.4) is 0 Å². The Hall–Kier alpha value is -8.22. The molecule has 0 aliphatic heterocycles. The SMILES string of the molecule is O=C(C=Cc1ccccc1)Oc1cccc(N(c2ccccc2)c2ccc(-c3ccc(N(c4ccccc4)c4cccc(OC(=O)C=Cc5ccccc5)c4)cc3)cc2)c1. The summed E-state index contributed by atoms with van der Waals surface area (Å²) in [7, 11) is 0. The molecule has 0 fully saturated rings. The lowest BCUT2D eigenvalue weighted by Gasteiger charge is -2.26. The van der Waals surface area contributed by atoms with Crippen LogP contribution in [0.5, 0.6) is 11.5 Å². The van der Waals surface area contributed by atoms with Gasteiger partial charge in [-0.2, -0.15) is 0 Å². The second-order valence-corrected chi connectivity index (χ2v) is 13.8.